The summed E-state index contributed by atoms with van der Waals surface area (Å²) in [6.45, 7) is 7.16. The molecule has 0 bridgehead atoms. The fraction of sp³-hybridized carbons (Fsp3) is 0.400. The number of nitrogens with one attached hydrogen (secondary N) is 1. The molecule has 0 aliphatic carbocycles. The Hall–Kier alpha value is -0.900. The highest BCUT2D eigenvalue weighted by Gasteiger charge is 2.15. The fourth-order valence-corrected chi connectivity index (χ4v) is 3.27. The first-order chi connectivity index (χ1) is 9.10. The molecule has 1 aromatic carbocycles. The molecule has 1 N–H and O–H groups in total. The molecule has 0 aliphatic rings. The van der Waals surface area contributed by atoms with Gasteiger partial charge in [-0.3, -0.25) is 0 Å². The van der Waals surface area contributed by atoms with Crippen LogP contribution in [0.25, 0.3) is 0 Å². The minimum Gasteiger partial charge on any atom is -0.309 e. The van der Waals surface area contributed by atoms with Crippen LogP contribution in [0.4, 0.5) is 0 Å². The highest BCUT2D eigenvalue weighted by atomic mass is 35.5. The molecule has 1 aromatic heterocycles. The average molecular weight is 295 g/mol. The lowest BCUT2D eigenvalue weighted by Crippen LogP contribution is -2.22. The van der Waals surface area contributed by atoms with Gasteiger partial charge in [-0.25, -0.2) is 4.98 Å². The third-order valence-corrected chi connectivity index (χ3v) is 4.44. The van der Waals surface area contributed by atoms with Crippen molar-refractivity contribution in [3.63, 3.8) is 0 Å². The second-order valence-electron chi connectivity index (χ2n) is 4.69. The molecule has 0 aliphatic heterocycles. The summed E-state index contributed by atoms with van der Waals surface area (Å²) in [6.07, 6.45) is 2.87. The molecular formula is C15H19ClN2S. The van der Waals surface area contributed by atoms with E-state index in [0.29, 0.717) is 0 Å². The molecule has 2 aromatic rings. The molecule has 102 valence electrons. The SMILES string of the molecule is CCNC(Cc1ccc(C)cc1Cl)c1cnc(C)s1. The van der Waals surface area contributed by atoms with Gasteiger partial charge < -0.3 is 5.32 Å². The summed E-state index contributed by atoms with van der Waals surface area (Å²) in [5, 5.41) is 5.47. The Morgan fingerprint density at radius 3 is 2.74 bits per heavy atom. The minimum absolute atomic E-state index is 0.288. The minimum atomic E-state index is 0.288. The number of benzene rings is 1. The number of nitrogens with zero attached hydrogens (tertiary/aromatic N) is 1. The van der Waals surface area contributed by atoms with Crippen molar-refractivity contribution in [1.82, 2.24) is 10.3 Å². The highest BCUT2D eigenvalue weighted by Crippen LogP contribution is 2.27. The number of hydrogen-bond donors (Lipinski definition) is 1. The summed E-state index contributed by atoms with van der Waals surface area (Å²) in [4.78, 5) is 5.62. The summed E-state index contributed by atoms with van der Waals surface area (Å²) in [5.74, 6) is 0. The van der Waals surface area contributed by atoms with Crippen LogP contribution in [0.5, 0.6) is 0 Å². The van der Waals surface area contributed by atoms with E-state index in [1.54, 1.807) is 11.3 Å². The Morgan fingerprint density at radius 1 is 1.37 bits per heavy atom. The molecule has 0 saturated heterocycles. The number of likely N-dealkylation sites (N-methyl/N-ethyl adjacent to an activating group) is 1. The second kappa shape index (κ2) is 6.51. The fourth-order valence-electron chi connectivity index (χ4n) is 2.10. The van der Waals surface area contributed by atoms with Crippen LogP contribution in [0.15, 0.2) is 24.4 Å². The zero-order valence-electron chi connectivity index (χ0n) is 11.5. The number of aryl methyl sites for hydroxylation is 2. The van der Waals surface area contributed by atoms with Crippen LogP contribution >= 0.6 is 22.9 Å². The van der Waals surface area contributed by atoms with Gasteiger partial charge in [0, 0.05) is 22.1 Å². The maximum atomic E-state index is 6.33. The Morgan fingerprint density at radius 2 is 2.16 bits per heavy atom. The molecule has 0 saturated carbocycles. The van der Waals surface area contributed by atoms with E-state index >= 15 is 0 Å². The lowest BCUT2D eigenvalue weighted by atomic mass is 10.0. The summed E-state index contributed by atoms with van der Waals surface area (Å²) < 4.78 is 0. The van der Waals surface area contributed by atoms with Crippen molar-refractivity contribution >= 4 is 22.9 Å². The van der Waals surface area contributed by atoms with Crippen LogP contribution in [-0.2, 0) is 6.42 Å². The van der Waals surface area contributed by atoms with Crippen molar-refractivity contribution in [3.8, 4) is 0 Å². The molecular weight excluding hydrogens is 276 g/mol. The van der Waals surface area contributed by atoms with Crippen molar-refractivity contribution in [2.45, 2.75) is 33.2 Å². The van der Waals surface area contributed by atoms with E-state index in [9.17, 15) is 0 Å². The van der Waals surface area contributed by atoms with Gasteiger partial charge in [-0.2, -0.15) is 0 Å². The zero-order valence-corrected chi connectivity index (χ0v) is 13.1. The second-order valence-corrected chi connectivity index (χ2v) is 6.36. The molecule has 1 heterocycles. The molecule has 0 radical (unpaired) electrons. The molecule has 2 rings (SSSR count). The Bertz CT molecular complexity index is 551. The van der Waals surface area contributed by atoms with Crippen molar-refractivity contribution < 1.29 is 0 Å². The van der Waals surface area contributed by atoms with Crippen LogP contribution in [-0.4, -0.2) is 11.5 Å². The number of aromatic nitrogens is 1. The first-order valence-corrected chi connectivity index (χ1v) is 7.70. The third kappa shape index (κ3) is 3.78. The normalized spacial score (nSPS) is 12.6. The van der Waals surface area contributed by atoms with Gasteiger partial charge in [0.25, 0.3) is 0 Å². The molecule has 2 nitrogen and oxygen atoms in total. The number of rotatable bonds is 5. The van der Waals surface area contributed by atoms with Crippen LogP contribution in [0.3, 0.4) is 0 Å². The molecule has 0 fully saturated rings. The molecule has 1 unspecified atom stereocenters. The lowest BCUT2D eigenvalue weighted by Gasteiger charge is -2.17. The van der Waals surface area contributed by atoms with E-state index in [1.165, 1.54) is 16.0 Å². The van der Waals surface area contributed by atoms with Gasteiger partial charge in [0.15, 0.2) is 0 Å². The lowest BCUT2D eigenvalue weighted by molar-refractivity contribution is 0.557. The quantitative estimate of drug-likeness (QED) is 0.889. The Balaban J connectivity index is 2.21. The van der Waals surface area contributed by atoms with Gasteiger partial charge in [-0.05, 0) is 44.0 Å². The molecule has 0 spiro atoms. The van der Waals surface area contributed by atoms with E-state index in [4.69, 9.17) is 11.6 Å². The third-order valence-electron chi connectivity index (χ3n) is 3.07. The maximum Gasteiger partial charge on any atom is 0.0897 e. The monoisotopic (exact) mass is 294 g/mol. The maximum absolute atomic E-state index is 6.33. The largest absolute Gasteiger partial charge is 0.309 e. The standard InChI is InChI=1S/C15H19ClN2S/c1-4-17-14(15-9-18-11(3)19-15)8-12-6-5-10(2)7-13(12)16/h5-7,9,14,17H,4,8H2,1-3H3. The van der Waals surface area contributed by atoms with Gasteiger partial charge in [0.2, 0.25) is 0 Å². The first kappa shape index (κ1) is 14.5. The Kier molecular flexibility index (Phi) is 4.97. The summed E-state index contributed by atoms with van der Waals surface area (Å²) in [5.41, 5.74) is 2.38. The smallest absolute Gasteiger partial charge is 0.0897 e. The number of halogens is 1. The van der Waals surface area contributed by atoms with Crippen molar-refractivity contribution in [1.29, 1.82) is 0 Å². The van der Waals surface area contributed by atoms with E-state index in [-0.39, 0.29) is 6.04 Å². The molecule has 19 heavy (non-hydrogen) atoms. The molecule has 4 heteroatoms. The Labute approximate surface area is 123 Å². The zero-order chi connectivity index (χ0) is 13.8. The average Bonchev–Trinajstić information content (AvgIpc) is 2.78. The summed E-state index contributed by atoms with van der Waals surface area (Å²) in [6, 6.07) is 6.55. The number of hydrogen-bond acceptors (Lipinski definition) is 3. The van der Waals surface area contributed by atoms with Crippen molar-refractivity contribution in [2.75, 3.05) is 6.54 Å². The van der Waals surface area contributed by atoms with E-state index in [1.807, 2.05) is 19.2 Å². The molecule has 0 amide bonds. The van der Waals surface area contributed by atoms with Gasteiger partial charge in [-0.1, -0.05) is 30.7 Å². The van der Waals surface area contributed by atoms with Crippen LogP contribution < -0.4 is 5.32 Å². The number of thiazole rings is 1. The molecule has 1 atom stereocenters. The summed E-state index contributed by atoms with van der Waals surface area (Å²) in [7, 11) is 0. The van der Waals surface area contributed by atoms with Crippen LogP contribution in [0, 0.1) is 13.8 Å². The van der Waals surface area contributed by atoms with E-state index in [2.05, 4.69) is 36.3 Å². The topological polar surface area (TPSA) is 24.9 Å². The van der Waals surface area contributed by atoms with Crippen LogP contribution in [0.2, 0.25) is 5.02 Å². The van der Waals surface area contributed by atoms with Gasteiger partial charge in [0.1, 0.15) is 0 Å². The summed E-state index contributed by atoms with van der Waals surface area (Å²) >= 11 is 8.07. The van der Waals surface area contributed by atoms with Crippen LogP contribution in [0.1, 0.15) is 34.0 Å². The van der Waals surface area contributed by atoms with E-state index < -0.39 is 0 Å². The van der Waals surface area contributed by atoms with Gasteiger partial charge in [0.05, 0.1) is 5.01 Å². The first-order valence-electron chi connectivity index (χ1n) is 6.51. The predicted octanol–water partition coefficient (Wildman–Crippen LogP) is 4.31. The highest BCUT2D eigenvalue weighted by molar-refractivity contribution is 7.11. The predicted molar refractivity (Wildman–Crippen MR) is 83.2 cm³/mol. The van der Waals surface area contributed by atoms with Gasteiger partial charge >= 0.3 is 0 Å². The van der Waals surface area contributed by atoms with Crippen molar-refractivity contribution in [2.24, 2.45) is 0 Å². The van der Waals surface area contributed by atoms with Crippen molar-refractivity contribution in [3.05, 3.63) is 50.4 Å². The van der Waals surface area contributed by atoms with Gasteiger partial charge in [-0.15, -0.1) is 11.3 Å². The van der Waals surface area contributed by atoms with E-state index in [0.717, 1.165) is 23.0 Å².